The van der Waals surface area contributed by atoms with Gasteiger partial charge in [0, 0.05) is 24.7 Å². The second-order valence-corrected chi connectivity index (χ2v) is 5.37. The van der Waals surface area contributed by atoms with Crippen LogP contribution in [0.25, 0.3) is 0 Å². The number of ether oxygens (including phenoxy) is 1. The largest absolute Gasteiger partial charge is 0.383 e. The first-order chi connectivity index (χ1) is 6.45. The lowest BCUT2D eigenvalue weighted by Gasteiger charge is -2.14. The lowest BCUT2D eigenvalue weighted by atomic mass is 9.95. The summed E-state index contributed by atoms with van der Waals surface area (Å²) >= 11 is 1.55. The van der Waals surface area contributed by atoms with E-state index >= 15 is 0 Å². The van der Waals surface area contributed by atoms with Crippen LogP contribution in [0.5, 0.6) is 0 Å². The van der Waals surface area contributed by atoms with Crippen LogP contribution in [0.2, 0.25) is 0 Å². The van der Waals surface area contributed by atoms with Crippen molar-refractivity contribution in [2.45, 2.75) is 32.7 Å². The number of nitrogens with zero attached hydrogens (tertiary/aromatic N) is 1. The van der Waals surface area contributed by atoms with Crippen LogP contribution in [0.1, 0.15) is 25.6 Å². The number of hydrogen-bond donors (Lipinski definition) is 1. The molecule has 1 aromatic rings. The molecule has 88 valence electrons. The molecule has 0 amide bonds. The van der Waals surface area contributed by atoms with E-state index < -0.39 is 0 Å². The Morgan fingerprint density at radius 1 is 1.47 bits per heavy atom. The summed E-state index contributed by atoms with van der Waals surface area (Å²) in [6.07, 6.45) is 2.06. The average Bonchev–Trinajstić information content (AvgIpc) is 2.43. The van der Waals surface area contributed by atoms with Crippen LogP contribution in [0.15, 0.2) is 6.20 Å². The second-order valence-electron chi connectivity index (χ2n) is 4.34. The van der Waals surface area contributed by atoms with E-state index in [4.69, 9.17) is 10.1 Å². The van der Waals surface area contributed by atoms with E-state index in [0.717, 1.165) is 6.54 Å². The molecule has 0 fully saturated rings. The number of aromatic nitrogens is 1. The molecule has 5 heteroatoms. The van der Waals surface area contributed by atoms with Gasteiger partial charge in [0.1, 0.15) is 0 Å². The third-order valence-corrected chi connectivity index (χ3v) is 3.38. The maximum atomic E-state index is 7.78. The molecule has 1 aromatic heterocycles. The molecule has 0 saturated heterocycles. The van der Waals surface area contributed by atoms with Gasteiger partial charge in [0.15, 0.2) is 4.80 Å². The maximum absolute atomic E-state index is 7.78. The summed E-state index contributed by atoms with van der Waals surface area (Å²) in [5.41, 5.74) is 0.138. The van der Waals surface area contributed by atoms with E-state index in [1.807, 2.05) is 4.57 Å². The summed E-state index contributed by atoms with van der Waals surface area (Å²) in [6.45, 7) is 7.93. The van der Waals surface area contributed by atoms with Gasteiger partial charge in [-0.15, -0.1) is 28.3 Å². The van der Waals surface area contributed by atoms with Crippen LogP contribution in [0.4, 0.5) is 0 Å². The topological polar surface area (TPSA) is 38.0 Å². The molecular weight excluding hydrogens is 276 g/mol. The van der Waals surface area contributed by atoms with Gasteiger partial charge in [-0.2, -0.15) is 0 Å². The molecule has 15 heavy (non-hydrogen) atoms. The van der Waals surface area contributed by atoms with E-state index in [1.165, 1.54) is 4.88 Å². The summed E-state index contributed by atoms with van der Waals surface area (Å²) in [5, 5.41) is 7.78. The molecule has 0 atom stereocenters. The quantitative estimate of drug-likeness (QED) is 0.914. The van der Waals surface area contributed by atoms with Crippen molar-refractivity contribution in [3.05, 3.63) is 15.9 Å². The monoisotopic (exact) mass is 294 g/mol. The third-order valence-electron chi connectivity index (χ3n) is 2.02. The minimum absolute atomic E-state index is 0. The van der Waals surface area contributed by atoms with Crippen molar-refractivity contribution < 1.29 is 4.74 Å². The van der Waals surface area contributed by atoms with Crippen LogP contribution in [-0.4, -0.2) is 18.3 Å². The van der Waals surface area contributed by atoms with Crippen LogP contribution in [-0.2, 0) is 16.7 Å². The Hall–Kier alpha value is -0.130. The van der Waals surface area contributed by atoms with Crippen LogP contribution in [0, 0.1) is 5.41 Å². The number of methoxy groups -OCH3 is 1. The van der Waals surface area contributed by atoms with Crippen LogP contribution < -0.4 is 4.80 Å². The van der Waals surface area contributed by atoms with E-state index in [1.54, 1.807) is 18.4 Å². The fourth-order valence-corrected chi connectivity index (χ4v) is 2.05. The van der Waals surface area contributed by atoms with E-state index in [-0.39, 0.29) is 22.4 Å². The van der Waals surface area contributed by atoms with Gasteiger partial charge in [-0.3, -0.25) is 5.41 Å². The molecule has 0 radical (unpaired) electrons. The third kappa shape index (κ3) is 4.09. The maximum Gasteiger partial charge on any atom is 0.182 e. The van der Waals surface area contributed by atoms with E-state index in [9.17, 15) is 0 Å². The van der Waals surface area contributed by atoms with Crippen molar-refractivity contribution in [3.63, 3.8) is 0 Å². The van der Waals surface area contributed by atoms with Gasteiger partial charge in [0.25, 0.3) is 0 Å². The Morgan fingerprint density at radius 2 is 2.07 bits per heavy atom. The van der Waals surface area contributed by atoms with Crippen LogP contribution >= 0.6 is 28.3 Å². The van der Waals surface area contributed by atoms with Crippen molar-refractivity contribution >= 4 is 28.3 Å². The Bertz CT molecular complexity index is 351. The molecule has 0 aromatic carbocycles. The molecular formula is C10H19BrN2OS. The minimum Gasteiger partial charge on any atom is -0.383 e. The van der Waals surface area contributed by atoms with Gasteiger partial charge in [0.05, 0.1) is 6.61 Å². The SMILES string of the molecule is Br.COCCn1cc(C(C)(C)C)sc1=N. The Kier molecular flexibility index (Phi) is 5.77. The van der Waals surface area contributed by atoms with Crippen molar-refractivity contribution in [1.29, 1.82) is 5.41 Å². The van der Waals surface area contributed by atoms with Gasteiger partial charge in [-0.05, 0) is 5.41 Å². The summed E-state index contributed by atoms with van der Waals surface area (Å²) in [6, 6.07) is 0. The number of halogens is 1. The molecule has 0 aliphatic carbocycles. The van der Waals surface area contributed by atoms with Crippen molar-refractivity contribution in [2.75, 3.05) is 13.7 Å². The molecule has 3 nitrogen and oxygen atoms in total. The highest BCUT2D eigenvalue weighted by Gasteiger charge is 2.16. The first kappa shape index (κ1) is 14.9. The smallest absolute Gasteiger partial charge is 0.182 e. The number of hydrogen-bond acceptors (Lipinski definition) is 3. The number of thiazole rings is 1. The molecule has 1 heterocycles. The molecule has 0 saturated carbocycles. The van der Waals surface area contributed by atoms with Crippen LogP contribution in [0.3, 0.4) is 0 Å². The summed E-state index contributed by atoms with van der Waals surface area (Å²) < 4.78 is 6.94. The van der Waals surface area contributed by atoms with Crippen molar-refractivity contribution in [1.82, 2.24) is 4.57 Å². The lowest BCUT2D eigenvalue weighted by Crippen LogP contribution is -2.15. The van der Waals surface area contributed by atoms with Gasteiger partial charge in [0.2, 0.25) is 0 Å². The summed E-state index contributed by atoms with van der Waals surface area (Å²) in [5.74, 6) is 0. The highest BCUT2D eigenvalue weighted by atomic mass is 79.9. The summed E-state index contributed by atoms with van der Waals surface area (Å²) in [7, 11) is 1.68. The number of nitrogens with one attached hydrogen (secondary N) is 1. The predicted molar refractivity (Wildman–Crippen MR) is 69.1 cm³/mol. The second kappa shape index (κ2) is 5.82. The standard InChI is InChI=1S/C10H18N2OS.BrH/c1-10(2,3)8-7-12(5-6-13-4)9(11)14-8;/h7,11H,5-6H2,1-4H3;1H. The van der Waals surface area contributed by atoms with Gasteiger partial charge in [-0.1, -0.05) is 20.8 Å². The normalized spacial score (nSPS) is 11.2. The molecule has 0 unspecified atom stereocenters. The first-order valence-corrected chi connectivity index (χ1v) is 5.51. The Labute approximate surface area is 105 Å². The lowest BCUT2D eigenvalue weighted by molar-refractivity contribution is 0.186. The molecule has 0 aliphatic rings. The molecule has 0 bridgehead atoms. The highest BCUT2D eigenvalue weighted by molar-refractivity contribution is 8.93. The average molecular weight is 295 g/mol. The van der Waals surface area contributed by atoms with E-state index in [2.05, 4.69) is 27.0 Å². The van der Waals surface area contributed by atoms with Gasteiger partial charge < -0.3 is 9.30 Å². The van der Waals surface area contributed by atoms with Gasteiger partial charge >= 0.3 is 0 Å². The van der Waals surface area contributed by atoms with E-state index in [0.29, 0.717) is 11.4 Å². The fourth-order valence-electron chi connectivity index (χ4n) is 1.09. The Balaban J connectivity index is 0.00000196. The first-order valence-electron chi connectivity index (χ1n) is 4.69. The zero-order chi connectivity index (χ0) is 10.8. The Morgan fingerprint density at radius 3 is 2.47 bits per heavy atom. The molecule has 0 spiro atoms. The minimum atomic E-state index is 0. The highest BCUT2D eigenvalue weighted by Crippen LogP contribution is 2.23. The molecule has 0 aliphatic heterocycles. The molecule has 1 rings (SSSR count). The zero-order valence-corrected chi connectivity index (χ0v) is 12.2. The zero-order valence-electron chi connectivity index (χ0n) is 9.66. The van der Waals surface area contributed by atoms with Crippen molar-refractivity contribution in [3.8, 4) is 0 Å². The van der Waals surface area contributed by atoms with Gasteiger partial charge in [-0.25, -0.2) is 0 Å². The summed E-state index contributed by atoms with van der Waals surface area (Å²) in [4.78, 5) is 1.85. The van der Waals surface area contributed by atoms with Crippen molar-refractivity contribution in [2.24, 2.45) is 0 Å². The number of rotatable bonds is 3. The molecule has 1 N–H and O–H groups in total. The predicted octanol–water partition coefficient (Wildman–Crippen LogP) is 2.55. The fraction of sp³-hybridized carbons (Fsp3) is 0.700.